The number of rotatable bonds is 7. The van der Waals surface area contributed by atoms with E-state index in [0.717, 1.165) is 13.0 Å². The van der Waals surface area contributed by atoms with Crippen LogP contribution in [-0.4, -0.2) is 44.7 Å². The second-order valence-corrected chi connectivity index (χ2v) is 4.48. The van der Waals surface area contributed by atoms with E-state index >= 15 is 0 Å². The van der Waals surface area contributed by atoms with Gasteiger partial charge >= 0.3 is 5.97 Å². The minimum absolute atomic E-state index is 0.349. The number of esters is 1. The van der Waals surface area contributed by atoms with Gasteiger partial charge in [-0.15, -0.1) is 0 Å². The maximum absolute atomic E-state index is 11.6. The highest BCUT2D eigenvalue weighted by Gasteiger charge is 2.10. The SMILES string of the molecule is CCOC(=O)c1ccc(N)c(OCCCN(C)C)c1. The molecular formula is C14H22N2O3. The van der Waals surface area contributed by atoms with Gasteiger partial charge in [-0.3, -0.25) is 0 Å². The number of hydrogen-bond donors (Lipinski definition) is 1. The van der Waals surface area contributed by atoms with E-state index in [1.165, 1.54) is 0 Å². The molecule has 1 aromatic rings. The van der Waals surface area contributed by atoms with Gasteiger partial charge in [-0.25, -0.2) is 4.79 Å². The molecular weight excluding hydrogens is 244 g/mol. The molecule has 0 aliphatic heterocycles. The van der Waals surface area contributed by atoms with E-state index in [-0.39, 0.29) is 5.97 Å². The van der Waals surface area contributed by atoms with Crippen LogP contribution in [0.5, 0.6) is 5.75 Å². The van der Waals surface area contributed by atoms with E-state index in [4.69, 9.17) is 15.2 Å². The average molecular weight is 266 g/mol. The zero-order valence-electron chi connectivity index (χ0n) is 11.8. The Balaban J connectivity index is 2.61. The Morgan fingerprint density at radius 3 is 2.74 bits per heavy atom. The molecule has 19 heavy (non-hydrogen) atoms. The van der Waals surface area contributed by atoms with Crippen LogP contribution in [-0.2, 0) is 4.74 Å². The molecule has 0 aromatic heterocycles. The molecule has 0 aliphatic rings. The standard InChI is InChI=1S/C14H22N2O3/c1-4-18-14(17)11-6-7-12(15)13(10-11)19-9-5-8-16(2)3/h6-7,10H,4-5,8-9,15H2,1-3H3. The molecule has 0 heterocycles. The average Bonchev–Trinajstić information content (AvgIpc) is 2.36. The van der Waals surface area contributed by atoms with Crippen LogP contribution in [0.15, 0.2) is 18.2 Å². The zero-order valence-corrected chi connectivity index (χ0v) is 11.8. The first-order chi connectivity index (χ1) is 9.04. The predicted molar refractivity (Wildman–Crippen MR) is 75.5 cm³/mol. The summed E-state index contributed by atoms with van der Waals surface area (Å²) in [5.74, 6) is 0.171. The smallest absolute Gasteiger partial charge is 0.338 e. The third-order valence-electron chi connectivity index (χ3n) is 2.53. The highest BCUT2D eigenvalue weighted by Crippen LogP contribution is 2.23. The molecule has 1 aromatic carbocycles. The second kappa shape index (κ2) is 7.63. The lowest BCUT2D eigenvalue weighted by Gasteiger charge is -2.12. The molecule has 5 nitrogen and oxygen atoms in total. The summed E-state index contributed by atoms with van der Waals surface area (Å²) < 4.78 is 10.5. The number of hydrogen-bond acceptors (Lipinski definition) is 5. The maximum atomic E-state index is 11.6. The number of benzene rings is 1. The molecule has 0 bridgehead atoms. The van der Waals surface area contributed by atoms with Crippen molar-refractivity contribution >= 4 is 11.7 Å². The van der Waals surface area contributed by atoms with Gasteiger partial charge < -0.3 is 20.1 Å². The molecule has 1 rings (SSSR count). The van der Waals surface area contributed by atoms with E-state index in [2.05, 4.69) is 4.90 Å². The van der Waals surface area contributed by atoms with Crippen molar-refractivity contribution in [3.63, 3.8) is 0 Å². The lowest BCUT2D eigenvalue weighted by molar-refractivity contribution is 0.0526. The molecule has 0 unspecified atom stereocenters. The largest absolute Gasteiger partial charge is 0.491 e. The van der Waals surface area contributed by atoms with Crippen LogP contribution >= 0.6 is 0 Å². The Kier molecular flexibility index (Phi) is 6.15. The second-order valence-electron chi connectivity index (χ2n) is 4.48. The Morgan fingerprint density at radius 1 is 1.37 bits per heavy atom. The van der Waals surface area contributed by atoms with Gasteiger partial charge in [0.05, 0.1) is 24.5 Å². The van der Waals surface area contributed by atoms with Gasteiger partial charge in [0.2, 0.25) is 0 Å². The number of ether oxygens (including phenoxy) is 2. The maximum Gasteiger partial charge on any atom is 0.338 e. The molecule has 0 radical (unpaired) electrons. The number of carbonyl (C=O) groups is 1. The Bertz CT molecular complexity index is 419. The van der Waals surface area contributed by atoms with Crippen molar-refractivity contribution in [2.75, 3.05) is 39.6 Å². The van der Waals surface area contributed by atoms with Crippen LogP contribution in [0.4, 0.5) is 5.69 Å². The van der Waals surface area contributed by atoms with Gasteiger partial charge in [-0.2, -0.15) is 0 Å². The van der Waals surface area contributed by atoms with Crippen molar-refractivity contribution in [3.05, 3.63) is 23.8 Å². The summed E-state index contributed by atoms with van der Waals surface area (Å²) in [6.45, 7) is 3.63. The monoisotopic (exact) mass is 266 g/mol. The Morgan fingerprint density at radius 2 is 2.11 bits per heavy atom. The van der Waals surface area contributed by atoms with Crippen molar-refractivity contribution in [2.24, 2.45) is 0 Å². The molecule has 106 valence electrons. The highest BCUT2D eigenvalue weighted by molar-refractivity contribution is 5.90. The minimum atomic E-state index is -0.361. The van der Waals surface area contributed by atoms with Gasteiger partial charge in [0.15, 0.2) is 0 Å². The van der Waals surface area contributed by atoms with Gasteiger partial charge in [0.25, 0.3) is 0 Å². The van der Waals surface area contributed by atoms with E-state index in [9.17, 15) is 4.79 Å². The third kappa shape index (κ3) is 5.18. The molecule has 0 saturated heterocycles. The van der Waals surface area contributed by atoms with E-state index < -0.39 is 0 Å². The molecule has 0 spiro atoms. The van der Waals surface area contributed by atoms with E-state index in [1.807, 2.05) is 14.1 Å². The van der Waals surface area contributed by atoms with Crippen LogP contribution < -0.4 is 10.5 Å². The van der Waals surface area contributed by atoms with Crippen molar-refractivity contribution in [2.45, 2.75) is 13.3 Å². The van der Waals surface area contributed by atoms with Crippen molar-refractivity contribution in [1.82, 2.24) is 4.90 Å². The van der Waals surface area contributed by atoms with Crippen molar-refractivity contribution in [1.29, 1.82) is 0 Å². The summed E-state index contributed by atoms with van der Waals surface area (Å²) in [5.41, 5.74) is 6.80. The molecule has 0 fully saturated rings. The summed E-state index contributed by atoms with van der Waals surface area (Å²) in [7, 11) is 4.02. The lowest BCUT2D eigenvalue weighted by Crippen LogP contribution is -2.16. The molecule has 0 amide bonds. The first-order valence-corrected chi connectivity index (χ1v) is 6.38. The summed E-state index contributed by atoms with van der Waals surface area (Å²) in [6, 6.07) is 4.93. The number of nitrogen functional groups attached to an aromatic ring is 1. The number of nitrogens with zero attached hydrogens (tertiary/aromatic N) is 1. The number of anilines is 1. The molecule has 0 atom stereocenters. The van der Waals surface area contributed by atoms with Crippen LogP contribution in [0.25, 0.3) is 0 Å². The number of carbonyl (C=O) groups excluding carboxylic acids is 1. The molecule has 5 heteroatoms. The molecule has 0 aliphatic carbocycles. The van der Waals surface area contributed by atoms with Crippen LogP contribution in [0, 0.1) is 0 Å². The minimum Gasteiger partial charge on any atom is -0.491 e. The lowest BCUT2D eigenvalue weighted by atomic mass is 10.2. The quantitative estimate of drug-likeness (QED) is 0.463. The van der Waals surface area contributed by atoms with E-state index in [0.29, 0.717) is 30.2 Å². The normalized spacial score (nSPS) is 10.5. The predicted octanol–water partition coefficient (Wildman–Crippen LogP) is 1.78. The fourth-order valence-electron chi connectivity index (χ4n) is 1.56. The van der Waals surface area contributed by atoms with Crippen LogP contribution in [0.3, 0.4) is 0 Å². The molecule has 0 saturated carbocycles. The molecule has 2 N–H and O–H groups in total. The summed E-state index contributed by atoms with van der Waals surface area (Å²) >= 11 is 0. The fourth-order valence-corrected chi connectivity index (χ4v) is 1.56. The first-order valence-electron chi connectivity index (χ1n) is 6.38. The zero-order chi connectivity index (χ0) is 14.3. The Labute approximate surface area is 114 Å². The summed E-state index contributed by atoms with van der Waals surface area (Å²) in [5, 5.41) is 0. The van der Waals surface area contributed by atoms with Crippen LogP contribution in [0.1, 0.15) is 23.7 Å². The topological polar surface area (TPSA) is 64.8 Å². The first kappa shape index (κ1) is 15.3. The van der Waals surface area contributed by atoms with Crippen molar-refractivity contribution < 1.29 is 14.3 Å². The third-order valence-corrected chi connectivity index (χ3v) is 2.53. The number of nitrogens with two attached hydrogens (primary N) is 1. The Hall–Kier alpha value is -1.75. The fraction of sp³-hybridized carbons (Fsp3) is 0.500. The summed E-state index contributed by atoms with van der Waals surface area (Å²) in [6.07, 6.45) is 0.899. The van der Waals surface area contributed by atoms with E-state index in [1.54, 1.807) is 25.1 Å². The van der Waals surface area contributed by atoms with Crippen molar-refractivity contribution in [3.8, 4) is 5.75 Å². The van der Waals surface area contributed by atoms with Gasteiger partial charge in [-0.05, 0) is 45.6 Å². The van der Waals surface area contributed by atoms with Gasteiger partial charge in [-0.1, -0.05) is 0 Å². The van der Waals surface area contributed by atoms with Gasteiger partial charge in [0.1, 0.15) is 5.75 Å². The van der Waals surface area contributed by atoms with Crippen LogP contribution in [0.2, 0.25) is 0 Å². The highest BCUT2D eigenvalue weighted by atomic mass is 16.5. The summed E-state index contributed by atoms with van der Waals surface area (Å²) in [4.78, 5) is 13.7. The van der Waals surface area contributed by atoms with Gasteiger partial charge in [0, 0.05) is 6.54 Å².